The van der Waals surface area contributed by atoms with Crippen LogP contribution in [0.2, 0.25) is 0 Å². The number of unbranched alkanes of at least 4 members (excludes halogenated alkanes) is 1. The largest absolute Gasteiger partial charge is 0.493 e. The van der Waals surface area contributed by atoms with Gasteiger partial charge in [-0.25, -0.2) is 4.98 Å². The van der Waals surface area contributed by atoms with Crippen molar-refractivity contribution in [3.05, 3.63) is 83.7 Å². The number of alkyl halides is 3. The third kappa shape index (κ3) is 11.4. The van der Waals surface area contributed by atoms with E-state index in [0.29, 0.717) is 46.2 Å². The van der Waals surface area contributed by atoms with Crippen molar-refractivity contribution in [3.8, 4) is 17.2 Å². The standard InChI is InChI=1S/C28H42N2O4.C10H9F3N2/c1-7-9-17-30(16-8-2)18-15-23(22-13-11-10-12-14-22)21-29(3)28(31)24-19-25(32-4)27(34-6)26(20-24)33-5;1-7-14-8-4-2-3-5-9(8)15(7)6-10(11,12)13/h10-14,19-20,23H,7-9,15-18,21H2,1-6H3;2-5H,6H2,1H3. The number of likely N-dealkylation sites (N-methyl/N-ethyl adjacent to an activating group) is 1. The topological polar surface area (TPSA) is 69.1 Å². The van der Waals surface area contributed by atoms with Crippen molar-refractivity contribution in [2.24, 2.45) is 0 Å². The first-order valence-corrected chi connectivity index (χ1v) is 16.8. The molecule has 268 valence electrons. The predicted molar refractivity (Wildman–Crippen MR) is 189 cm³/mol. The molecule has 1 unspecified atom stereocenters. The SMILES string of the molecule is CCCCN(CCC)CCC(CN(C)C(=O)c1cc(OC)c(OC)c(OC)c1)c1ccccc1.Cc1nc2ccccc2n1CC(F)(F)F. The van der Waals surface area contributed by atoms with Gasteiger partial charge in [0.05, 0.1) is 32.4 Å². The fourth-order valence-corrected chi connectivity index (χ4v) is 5.87. The number of aromatic nitrogens is 2. The zero-order valence-corrected chi connectivity index (χ0v) is 29.8. The highest BCUT2D eigenvalue weighted by atomic mass is 19.4. The Morgan fingerprint density at radius 1 is 0.878 bits per heavy atom. The van der Waals surface area contributed by atoms with Gasteiger partial charge < -0.3 is 28.6 Å². The monoisotopic (exact) mass is 684 g/mol. The van der Waals surface area contributed by atoms with Gasteiger partial charge in [-0.1, -0.05) is 62.7 Å². The molecule has 1 heterocycles. The van der Waals surface area contributed by atoms with Crippen LogP contribution in [-0.4, -0.2) is 86.0 Å². The van der Waals surface area contributed by atoms with E-state index in [1.54, 1.807) is 69.6 Å². The first kappa shape index (κ1) is 39.2. The summed E-state index contributed by atoms with van der Waals surface area (Å²) in [6.45, 7) is 8.96. The molecule has 0 bridgehead atoms. The minimum Gasteiger partial charge on any atom is -0.493 e. The number of halogens is 3. The van der Waals surface area contributed by atoms with Crippen LogP contribution in [0, 0.1) is 6.92 Å². The Morgan fingerprint density at radius 2 is 1.51 bits per heavy atom. The summed E-state index contributed by atoms with van der Waals surface area (Å²) in [6.07, 6.45) is 0.359. The van der Waals surface area contributed by atoms with Gasteiger partial charge in [0.2, 0.25) is 5.75 Å². The number of rotatable bonds is 16. The first-order chi connectivity index (χ1) is 23.5. The smallest absolute Gasteiger partial charge is 0.406 e. The maximum atomic E-state index is 13.4. The van der Waals surface area contributed by atoms with Crippen molar-refractivity contribution in [1.29, 1.82) is 0 Å². The molecule has 0 saturated carbocycles. The fraction of sp³-hybridized carbons (Fsp3) is 0.474. The zero-order chi connectivity index (χ0) is 36.0. The highest BCUT2D eigenvalue weighted by Crippen LogP contribution is 2.38. The molecular formula is C38H51F3N4O4. The summed E-state index contributed by atoms with van der Waals surface area (Å²) in [7, 11) is 6.53. The number of nitrogens with zero attached hydrogens (tertiary/aromatic N) is 4. The van der Waals surface area contributed by atoms with Gasteiger partial charge in [0.15, 0.2) is 11.5 Å². The van der Waals surface area contributed by atoms with Crippen molar-refractivity contribution in [3.63, 3.8) is 0 Å². The molecule has 0 aliphatic carbocycles. The van der Waals surface area contributed by atoms with Crippen molar-refractivity contribution in [2.75, 3.05) is 54.6 Å². The third-order valence-electron chi connectivity index (χ3n) is 8.37. The number of imidazole rings is 1. The van der Waals surface area contributed by atoms with E-state index in [-0.39, 0.29) is 11.8 Å². The maximum Gasteiger partial charge on any atom is 0.406 e. The van der Waals surface area contributed by atoms with Crippen LogP contribution < -0.4 is 14.2 Å². The van der Waals surface area contributed by atoms with E-state index in [1.165, 1.54) is 23.0 Å². The molecule has 4 aromatic rings. The summed E-state index contributed by atoms with van der Waals surface area (Å²) < 4.78 is 54.3. The number of carbonyl (C=O) groups is 1. The average molecular weight is 685 g/mol. The second-order valence-electron chi connectivity index (χ2n) is 12.0. The maximum absolute atomic E-state index is 13.4. The molecule has 0 fully saturated rings. The third-order valence-corrected chi connectivity index (χ3v) is 8.37. The molecule has 0 radical (unpaired) electrons. The number of hydrogen-bond acceptors (Lipinski definition) is 6. The Kier molecular flexibility index (Phi) is 15.3. The van der Waals surface area contributed by atoms with E-state index < -0.39 is 12.7 Å². The number of benzene rings is 3. The molecule has 8 nitrogen and oxygen atoms in total. The molecule has 1 atom stereocenters. The highest BCUT2D eigenvalue weighted by Gasteiger charge is 2.29. The Balaban J connectivity index is 0.000000357. The lowest BCUT2D eigenvalue weighted by atomic mass is 9.94. The molecule has 0 spiro atoms. The Morgan fingerprint density at radius 3 is 2.08 bits per heavy atom. The lowest BCUT2D eigenvalue weighted by Crippen LogP contribution is -2.33. The Bertz CT molecular complexity index is 1570. The minimum atomic E-state index is -4.21. The van der Waals surface area contributed by atoms with E-state index in [0.717, 1.165) is 32.5 Å². The number of hydrogen-bond donors (Lipinski definition) is 0. The van der Waals surface area contributed by atoms with E-state index >= 15 is 0 Å². The summed E-state index contributed by atoms with van der Waals surface area (Å²) in [5.41, 5.74) is 2.89. The summed E-state index contributed by atoms with van der Waals surface area (Å²) in [4.78, 5) is 21.8. The molecule has 11 heteroatoms. The van der Waals surface area contributed by atoms with Crippen molar-refractivity contribution < 1.29 is 32.2 Å². The molecule has 49 heavy (non-hydrogen) atoms. The van der Waals surface area contributed by atoms with Gasteiger partial charge in [-0.2, -0.15) is 13.2 Å². The van der Waals surface area contributed by atoms with Crippen LogP contribution in [0.3, 0.4) is 0 Å². The van der Waals surface area contributed by atoms with Crippen LogP contribution >= 0.6 is 0 Å². The second-order valence-corrected chi connectivity index (χ2v) is 12.0. The second kappa shape index (κ2) is 19.1. The summed E-state index contributed by atoms with van der Waals surface area (Å²) in [5, 5.41) is 0. The molecule has 0 aliphatic heterocycles. The predicted octanol–water partition coefficient (Wildman–Crippen LogP) is 8.38. The fourth-order valence-electron chi connectivity index (χ4n) is 5.87. The minimum absolute atomic E-state index is 0.0726. The van der Waals surface area contributed by atoms with Gasteiger partial charge in [0.1, 0.15) is 12.4 Å². The van der Waals surface area contributed by atoms with E-state index in [1.807, 2.05) is 13.1 Å². The van der Waals surface area contributed by atoms with Crippen LogP contribution in [0.4, 0.5) is 13.2 Å². The van der Waals surface area contributed by atoms with Gasteiger partial charge >= 0.3 is 6.18 Å². The number of methoxy groups -OCH3 is 3. The molecule has 0 aliphatic rings. The normalized spacial score (nSPS) is 12.0. The van der Waals surface area contributed by atoms with E-state index in [9.17, 15) is 18.0 Å². The van der Waals surface area contributed by atoms with E-state index in [2.05, 4.69) is 48.0 Å². The lowest BCUT2D eigenvalue weighted by molar-refractivity contribution is -0.140. The van der Waals surface area contributed by atoms with Crippen LogP contribution in [0.5, 0.6) is 17.2 Å². The van der Waals surface area contributed by atoms with Crippen molar-refractivity contribution in [2.45, 2.75) is 65.1 Å². The first-order valence-electron chi connectivity index (χ1n) is 16.8. The van der Waals surface area contributed by atoms with Gasteiger partial charge in [0.25, 0.3) is 5.91 Å². The number of ether oxygens (including phenoxy) is 3. The summed E-state index contributed by atoms with van der Waals surface area (Å²) in [5.74, 6) is 1.99. The zero-order valence-electron chi connectivity index (χ0n) is 29.8. The van der Waals surface area contributed by atoms with Gasteiger partial charge in [-0.05, 0) is 75.6 Å². The molecule has 1 amide bonds. The van der Waals surface area contributed by atoms with Crippen molar-refractivity contribution >= 4 is 16.9 Å². The molecule has 0 N–H and O–H groups in total. The molecule has 1 aromatic heterocycles. The number of fused-ring (bicyclic) bond motifs is 1. The summed E-state index contributed by atoms with van der Waals surface area (Å²) in [6, 6.07) is 20.7. The molecule has 4 rings (SSSR count). The van der Waals surface area contributed by atoms with Crippen LogP contribution in [-0.2, 0) is 6.54 Å². The molecule has 3 aromatic carbocycles. The number of aryl methyl sites for hydroxylation is 1. The molecule has 0 saturated heterocycles. The highest BCUT2D eigenvalue weighted by molar-refractivity contribution is 5.95. The van der Waals surface area contributed by atoms with Crippen LogP contribution in [0.1, 0.15) is 67.2 Å². The van der Waals surface area contributed by atoms with Crippen molar-refractivity contribution in [1.82, 2.24) is 19.4 Å². The lowest BCUT2D eigenvalue weighted by Gasteiger charge is -2.28. The number of amides is 1. The quantitative estimate of drug-likeness (QED) is 0.118. The number of carbonyl (C=O) groups excluding carboxylic acids is 1. The number of para-hydroxylation sites is 2. The van der Waals surface area contributed by atoms with Crippen LogP contribution in [0.25, 0.3) is 11.0 Å². The van der Waals surface area contributed by atoms with Crippen LogP contribution in [0.15, 0.2) is 66.7 Å². The summed E-state index contributed by atoms with van der Waals surface area (Å²) >= 11 is 0. The Labute approximate surface area is 288 Å². The average Bonchev–Trinajstić information content (AvgIpc) is 3.41. The van der Waals surface area contributed by atoms with Gasteiger partial charge in [-0.15, -0.1) is 0 Å². The Hall–Kier alpha value is -4.25. The van der Waals surface area contributed by atoms with Gasteiger partial charge in [0, 0.05) is 25.1 Å². The van der Waals surface area contributed by atoms with Gasteiger partial charge in [-0.3, -0.25) is 4.79 Å². The molecular weight excluding hydrogens is 633 g/mol. The van der Waals surface area contributed by atoms with E-state index in [4.69, 9.17) is 14.2 Å².